The van der Waals surface area contributed by atoms with E-state index >= 15 is 0 Å². The van der Waals surface area contributed by atoms with E-state index in [1.54, 1.807) is 19.5 Å². The maximum atomic E-state index is 5.98. The van der Waals surface area contributed by atoms with Crippen molar-refractivity contribution in [2.45, 2.75) is 19.9 Å². The van der Waals surface area contributed by atoms with Gasteiger partial charge in [-0.3, -0.25) is 4.98 Å². The Hall–Kier alpha value is -1.81. The Morgan fingerprint density at radius 2 is 2.05 bits per heavy atom. The first kappa shape index (κ1) is 13.6. The van der Waals surface area contributed by atoms with Gasteiger partial charge in [0, 0.05) is 41.7 Å². The van der Waals surface area contributed by atoms with Crippen LogP contribution in [0.1, 0.15) is 13.8 Å². The number of methoxy groups -OCH3 is 1. The zero-order chi connectivity index (χ0) is 13.8. The number of fused-ring (bicyclic) bond motifs is 1. The van der Waals surface area contributed by atoms with Crippen molar-refractivity contribution in [1.29, 1.82) is 0 Å². The second-order valence-corrected chi connectivity index (χ2v) is 5.07. The van der Waals surface area contributed by atoms with Gasteiger partial charge >= 0.3 is 0 Å². The normalized spacial score (nSPS) is 12.8. The number of benzene rings is 1. The molecule has 1 atom stereocenters. The van der Waals surface area contributed by atoms with Crippen molar-refractivity contribution in [2.75, 3.05) is 24.8 Å². The molecule has 0 saturated carbocycles. The van der Waals surface area contributed by atoms with Crippen LogP contribution in [0.4, 0.5) is 11.4 Å². The van der Waals surface area contributed by atoms with E-state index in [9.17, 15) is 0 Å². The van der Waals surface area contributed by atoms with Crippen LogP contribution in [0.25, 0.3) is 10.8 Å². The summed E-state index contributed by atoms with van der Waals surface area (Å²) in [6.07, 6.45) is 3.59. The summed E-state index contributed by atoms with van der Waals surface area (Å²) in [5.41, 5.74) is 7.80. The van der Waals surface area contributed by atoms with Crippen molar-refractivity contribution in [3.63, 3.8) is 0 Å². The highest BCUT2D eigenvalue weighted by Crippen LogP contribution is 2.28. The van der Waals surface area contributed by atoms with Crippen molar-refractivity contribution >= 4 is 22.1 Å². The maximum absolute atomic E-state index is 5.98. The van der Waals surface area contributed by atoms with Gasteiger partial charge in [0.2, 0.25) is 0 Å². The molecule has 0 radical (unpaired) electrons. The van der Waals surface area contributed by atoms with Crippen LogP contribution in [-0.2, 0) is 4.74 Å². The van der Waals surface area contributed by atoms with Crippen LogP contribution in [0.3, 0.4) is 0 Å². The highest BCUT2D eigenvalue weighted by atomic mass is 16.5. The molecule has 4 heteroatoms. The summed E-state index contributed by atoms with van der Waals surface area (Å²) in [6, 6.07) is 6.18. The Morgan fingerprint density at radius 3 is 2.74 bits per heavy atom. The van der Waals surface area contributed by atoms with E-state index in [1.165, 1.54) is 0 Å². The average molecular weight is 259 g/mol. The Kier molecular flexibility index (Phi) is 4.22. The summed E-state index contributed by atoms with van der Waals surface area (Å²) in [7, 11) is 1.72. The second kappa shape index (κ2) is 5.89. The molecular formula is C15H21N3O. The van der Waals surface area contributed by atoms with Crippen LogP contribution >= 0.6 is 0 Å². The molecule has 0 amide bonds. The lowest BCUT2D eigenvalue weighted by atomic mass is 10.0. The molecule has 2 rings (SSSR count). The molecule has 0 fully saturated rings. The largest absolute Gasteiger partial charge is 0.398 e. The number of nitrogens with one attached hydrogen (secondary N) is 1. The van der Waals surface area contributed by atoms with Crippen LogP contribution in [0.2, 0.25) is 0 Å². The average Bonchev–Trinajstić information content (AvgIpc) is 2.41. The number of nitrogen functional groups attached to an aromatic ring is 1. The maximum Gasteiger partial charge on any atom is 0.0666 e. The monoisotopic (exact) mass is 259 g/mol. The summed E-state index contributed by atoms with van der Waals surface area (Å²) in [4.78, 5) is 4.13. The van der Waals surface area contributed by atoms with Gasteiger partial charge in [-0.15, -0.1) is 0 Å². The molecule has 0 saturated heterocycles. The van der Waals surface area contributed by atoms with Crippen LogP contribution in [-0.4, -0.2) is 24.7 Å². The van der Waals surface area contributed by atoms with Gasteiger partial charge in [-0.05, 0) is 24.1 Å². The number of nitrogens with zero attached hydrogens (tertiary/aromatic N) is 1. The minimum atomic E-state index is 0.269. The summed E-state index contributed by atoms with van der Waals surface area (Å²) >= 11 is 0. The SMILES string of the molecule is COCC(Nc1ccc(N)c2cnccc12)C(C)C. The number of pyridine rings is 1. The minimum Gasteiger partial charge on any atom is -0.398 e. The number of nitrogens with two attached hydrogens (primary N) is 1. The first-order chi connectivity index (χ1) is 9.13. The number of hydrogen-bond acceptors (Lipinski definition) is 4. The molecule has 3 N–H and O–H groups in total. The van der Waals surface area contributed by atoms with Gasteiger partial charge in [0.15, 0.2) is 0 Å². The van der Waals surface area contributed by atoms with Gasteiger partial charge in [-0.1, -0.05) is 13.8 Å². The number of hydrogen-bond donors (Lipinski definition) is 2. The molecule has 1 aromatic heterocycles. The molecule has 0 bridgehead atoms. The summed E-state index contributed by atoms with van der Waals surface area (Å²) in [5, 5.41) is 5.61. The van der Waals surface area contributed by atoms with Crippen molar-refractivity contribution in [3.8, 4) is 0 Å². The number of rotatable bonds is 5. The first-order valence-electron chi connectivity index (χ1n) is 6.51. The van der Waals surface area contributed by atoms with Gasteiger partial charge < -0.3 is 15.8 Å². The third kappa shape index (κ3) is 2.96. The molecule has 1 unspecified atom stereocenters. The van der Waals surface area contributed by atoms with E-state index in [-0.39, 0.29) is 6.04 Å². The Bertz CT molecular complexity index is 554. The molecule has 1 heterocycles. The van der Waals surface area contributed by atoms with E-state index in [4.69, 9.17) is 10.5 Å². The Balaban J connectivity index is 2.37. The van der Waals surface area contributed by atoms with Crippen LogP contribution in [0.5, 0.6) is 0 Å². The van der Waals surface area contributed by atoms with E-state index in [0.717, 1.165) is 22.1 Å². The van der Waals surface area contributed by atoms with Crippen LogP contribution < -0.4 is 11.1 Å². The predicted octanol–water partition coefficient (Wildman–Crippen LogP) is 2.90. The highest BCUT2D eigenvalue weighted by Gasteiger charge is 2.14. The topological polar surface area (TPSA) is 60.2 Å². The zero-order valence-corrected chi connectivity index (χ0v) is 11.7. The molecule has 19 heavy (non-hydrogen) atoms. The van der Waals surface area contributed by atoms with Crippen molar-refractivity contribution < 1.29 is 4.74 Å². The molecular weight excluding hydrogens is 238 g/mol. The van der Waals surface area contributed by atoms with E-state index in [0.29, 0.717) is 12.5 Å². The number of ether oxygens (including phenoxy) is 1. The molecule has 4 nitrogen and oxygen atoms in total. The molecule has 0 aliphatic carbocycles. The molecule has 0 aliphatic heterocycles. The van der Waals surface area contributed by atoms with E-state index < -0.39 is 0 Å². The summed E-state index contributed by atoms with van der Waals surface area (Å²) in [5.74, 6) is 0.481. The van der Waals surface area contributed by atoms with E-state index in [2.05, 4.69) is 24.1 Å². The minimum absolute atomic E-state index is 0.269. The molecule has 0 aliphatic rings. The van der Waals surface area contributed by atoms with Crippen LogP contribution in [0, 0.1) is 5.92 Å². The second-order valence-electron chi connectivity index (χ2n) is 5.07. The molecule has 2 aromatic rings. The molecule has 0 spiro atoms. The quantitative estimate of drug-likeness (QED) is 0.811. The number of anilines is 2. The predicted molar refractivity (Wildman–Crippen MR) is 80.3 cm³/mol. The van der Waals surface area contributed by atoms with Crippen molar-refractivity contribution in [3.05, 3.63) is 30.6 Å². The fourth-order valence-electron chi connectivity index (χ4n) is 2.12. The van der Waals surface area contributed by atoms with E-state index in [1.807, 2.05) is 18.2 Å². The summed E-state index contributed by atoms with van der Waals surface area (Å²) in [6.45, 7) is 5.03. The lowest BCUT2D eigenvalue weighted by Crippen LogP contribution is -2.30. The van der Waals surface area contributed by atoms with Gasteiger partial charge in [-0.2, -0.15) is 0 Å². The lowest BCUT2D eigenvalue weighted by molar-refractivity contribution is 0.171. The standard InChI is InChI=1S/C15H21N3O/c1-10(2)15(9-19-3)18-14-5-4-13(16)12-8-17-7-6-11(12)14/h4-8,10,15,18H,9,16H2,1-3H3. The van der Waals surface area contributed by atoms with Gasteiger partial charge in [0.25, 0.3) is 0 Å². The summed E-state index contributed by atoms with van der Waals surface area (Å²) < 4.78 is 5.27. The van der Waals surface area contributed by atoms with Gasteiger partial charge in [0.05, 0.1) is 12.6 Å². The molecule has 102 valence electrons. The van der Waals surface area contributed by atoms with Gasteiger partial charge in [0.1, 0.15) is 0 Å². The highest BCUT2D eigenvalue weighted by molar-refractivity contribution is 6.00. The first-order valence-corrected chi connectivity index (χ1v) is 6.51. The third-order valence-electron chi connectivity index (χ3n) is 3.34. The van der Waals surface area contributed by atoms with Crippen LogP contribution in [0.15, 0.2) is 30.6 Å². The van der Waals surface area contributed by atoms with Gasteiger partial charge in [-0.25, -0.2) is 0 Å². The number of aromatic nitrogens is 1. The van der Waals surface area contributed by atoms with Crippen molar-refractivity contribution in [2.24, 2.45) is 5.92 Å². The fourth-order valence-corrected chi connectivity index (χ4v) is 2.12. The zero-order valence-electron chi connectivity index (χ0n) is 11.7. The fraction of sp³-hybridized carbons (Fsp3) is 0.400. The lowest BCUT2D eigenvalue weighted by Gasteiger charge is -2.23. The molecule has 1 aromatic carbocycles. The Labute approximate surface area is 114 Å². The van der Waals surface area contributed by atoms with Crippen molar-refractivity contribution in [1.82, 2.24) is 4.98 Å². The third-order valence-corrected chi connectivity index (χ3v) is 3.34. The smallest absolute Gasteiger partial charge is 0.0666 e. The Morgan fingerprint density at radius 1 is 1.26 bits per heavy atom.